The largest absolute Gasteiger partial charge is 0.483 e. The van der Waals surface area contributed by atoms with Crippen LogP contribution in [0.15, 0.2) is 18.2 Å². The summed E-state index contributed by atoms with van der Waals surface area (Å²) < 4.78 is 5.43. The van der Waals surface area contributed by atoms with Crippen molar-refractivity contribution in [3.8, 4) is 5.75 Å². The number of hydrogen-bond acceptors (Lipinski definition) is 5. The number of nitro benzene ring substituents is 1. The zero-order valence-corrected chi connectivity index (χ0v) is 13.1. The molecule has 0 bridgehead atoms. The molecule has 0 spiro atoms. The average molecular weight is 320 g/mol. The zero-order valence-electron chi connectivity index (χ0n) is 13.1. The number of piperidine rings is 1. The third kappa shape index (κ3) is 4.06. The Morgan fingerprint density at radius 3 is 2.91 bits per heavy atom. The highest BCUT2D eigenvalue weighted by Gasteiger charge is 2.25. The summed E-state index contributed by atoms with van der Waals surface area (Å²) in [4.78, 5) is 35.3. The molecule has 23 heavy (non-hydrogen) atoms. The van der Waals surface area contributed by atoms with Gasteiger partial charge in [0.25, 0.3) is 11.6 Å². The van der Waals surface area contributed by atoms with Crippen molar-refractivity contribution in [3.05, 3.63) is 33.9 Å². The number of ether oxygens (including phenoxy) is 1. The number of carbonyl (C=O) groups is 2. The molecular formula is C16H20N2O5. The van der Waals surface area contributed by atoms with Crippen LogP contribution < -0.4 is 4.74 Å². The van der Waals surface area contributed by atoms with Crippen LogP contribution in [0.2, 0.25) is 0 Å². The number of carbonyl (C=O) groups excluding carboxylic acids is 2. The van der Waals surface area contributed by atoms with Gasteiger partial charge in [0.05, 0.1) is 10.5 Å². The molecule has 1 atom stereocenters. The summed E-state index contributed by atoms with van der Waals surface area (Å²) in [5, 5.41) is 10.7. The number of nitrogens with zero attached hydrogens (tertiary/aromatic N) is 2. The van der Waals surface area contributed by atoms with E-state index in [1.165, 1.54) is 12.1 Å². The number of hydrogen-bond donors (Lipinski definition) is 0. The Balaban J connectivity index is 2.03. The van der Waals surface area contributed by atoms with Gasteiger partial charge in [-0.15, -0.1) is 0 Å². The molecule has 0 N–H and O–H groups in total. The summed E-state index contributed by atoms with van der Waals surface area (Å²) >= 11 is 0. The van der Waals surface area contributed by atoms with Gasteiger partial charge in [-0.05, 0) is 31.7 Å². The minimum absolute atomic E-state index is 0.0673. The van der Waals surface area contributed by atoms with Crippen molar-refractivity contribution in [1.82, 2.24) is 4.90 Å². The van der Waals surface area contributed by atoms with Crippen molar-refractivity contribution in [2.24, 2.45) is 0 Å². The number of non-ortho nitro benzene ring substituents is 1. The summed E-state index contributed by atoms with van der Waals surface area (Å²) in [5.74, 6) is 0.0655. The monoisotopic (exact) mass is 320 g/mol. The Labute approximate surface area is 134 Å². The maximum Gasteiger partial charge on any atom is 0.270 e. The molecule has 0 aliphatic carbocycles. The van der Waals surface area contributed by atoms with Crippen molar-refractivity contribution < 1.29 is 19.2 Å². The van der Waals surface area contributed by atoms with Gasteiger partial charge in [-0.1, -0.05) is 6.92 Å². The molecule has 1 unspecified atom stereocenters. The van der Waals surface area contributed by atoms with Crippen LogP contribution in [0.1, 0.15) is 43.0 Å². The van der Waals surface area contributed by atoms with E-state index in [-0.39, 0.29) is 35.6 Å². The molecule has 0 saturated carbocycles. The normalized spacial score (nSPS) is 17.6. The molecule has 7 nitrogen and oxygen atoms in total. The highest BCUT2D eigenvalue weighted by molar-refractivity contribution is 5.82. The van der Waals surface area contributed by atoms with Gasteiger partial charge < -0.3 is 9.64 Å². The predicted octanol–water partition coefficient (Wildman–Crippen LogP) is 2.58. The topological polar surface area (TPSA) is 89.8 Å². The van der Waals surface area contributed by atoms with Gasteiger partial charge in [-0.25, -0.2) is 0 Å². The van der Waals surface area contributed by atoms with Crippen molar-refractivity contribution in [2.75, 3.05) is 13.2 Å². The van der Waals surface area contributed by atoms with Crippen LogP contribution in [-0.4, -0.2) is 41.2 Å². The number of benzene rings is 1. The highest BCUT2D eigenvalue weighted by Crippen LogP contribution is 2.24. The van der Waals surface area contributed by atoms with Crippen LogP contribution in [-0.2, 0) is 4.79 Å². The second-order valence-corrected chi connectivity index (χ2v) is 5.53. The zero-order chi connectivity index (χ0) is 16.8. The van der Waals surface area contributed by atoms with Crippen LogP contribution in [0.4, 0.5) is 5.69 Å². The molecule has 2 rings (SSSR count). The van der Waals surface area contributed by atoms with Crippen LogP contribution in [0.3, 0.4) is 0 Å². The SMILES string of the molecule is CCC1CCCCN1C(=O)COc1ccc([N+](=O)[O-])cc1C=O. The number of aldehydes is 1. The molecule has 124 valence electrons. The molecule has 1 aromatic carbocycles. The van der Waals surface area contributed by atoms with Gasteiger partial charge in [0.1, 0.15) is 5.75 Å². The number of amides is 1. The maximum atomic E-state index is 12.3. The van der Waals surface area contributed by atoms with E-state index < -0.39 is 4.92 Å². The summed E-state index contributed by atoms with van der Waals surface area (Å²) in [6.07, 6.45) is 4.50. The molecule has 1 aliphatic rings. The van der Waals surface area contributed by atoms with Crippen molar-refractivity contribution in [2.45, 2.75) is 38.6 Å². The van der Waals surface area contributed by atoms with Gasteiger partial charge in [0.2, 0.25) is 0 Å². The Morgan fingerprint density at radius 1 is 1.48 bits per heavy atom. The smallest absolute Gasteiger partial charge is 0.270 e. The van der Waals surface area contributed by atoms with E-state index in [0.29, 0.717) is 6.29 Å². The van der Waals surface area contributed by atoms with Gasteiger partial charge >= 0.3 is 0 Å². The molecule has 0 aromatic heterocycles. The first-order valence-corrected chi connectivity index (χ1v) is 7.72. The molecule has 0 radical (unpaired) electrons. The number of rotatable bonds is 6. The quantitative estimate of drug-likeness (QED) is 0.456. The lowest BCUT2D eigenvalue weighted by Crippen LogP contribution is -2.45. The molecule has 1 heterocycles. The van der Waals surface area contributed by atoms with Crippen LogP contribution in [0.25, 0.3) is 0 Å². The van der Waals surface area contributed by atoms with Gasteiger partial charge in [-0.2, -0.15) is 0 Å². The Bertz CT molecular complexity index is 602. The van der Waals surface area contributed by atoms with E-state index in [1.54, 1.807) is 0 Å². The van der Waals surface area contributed by atoms with E-state index in [1.807, 2.05) is 4.90 Å². The third-order valence-electron chi connectivity index (χ3n) is 4.10. The highest BCUT2D eigenvalue weighted by atomic mass is 16.6. The fourth-order valence-corrected chi connectivity index (χ4v) is 2.85. The van der Waals surface area contributed by atoms with E-state index in [2.05, 4.69) is 6.92 Å². The fourth-order valence-electron chi connectivity index (χ4n) is 2.85. The Kier molecular flexibility index (Phi) is 5.67. The maximum absolute atomic E-state index is 12.3. The lowest BCUT2D eigenvalue weighted by Gasteiger charge is -2.35. The van der Waals surface area contributed by atoms with Gasteiger partial charge in [0, 0.05) is 24.7 Å². The molecule has 1 saturated heterocycles. The second-order valence-electron chi connectivity index (χ2n) is 5.53. The first-order chi connectivity index (χ1) is 11.1. The van der Waals surface area contributed by atoms with E-state index >= 15 is 0 Å². The third-order valence-corrected chi connectivity index (χ3v) is 4.10. The summed E-state index contributed by atoms with van der Waals surface area (Å²) in [5.41, 5.74) is -0.120. The van der Waals surface area contributed by atoms with Crippen molar-refractivity contribution >= 4 is 17.9 Å². The van der Waals surface area contributed by atoms with E-state index in [0.717, 1.165) is 38.3 Å². The lowest BCUT2D eigenvalue weighted by molar-refractivity contribution is -0.384. The van der Waals surface area contributed by atoms with E-state index in [9.17, 15) is 19.7 Å². The number of nitro groups is 1. The molecule has 1 fully saturated rings. The standard InChI is InChI=1S/C16H20N2O5/c1-2-13-5-3-4-8-17(13)16(20)11-23-15-7-6-14(18(21)22)9-12(15)10-19/h6-7,9-10,13H,2-5,8,11H2,1H3. The minimum atomic E-state index is -0.582. The first-order valence-electron chi connectivity index (χ1n) is 7.72. The first kappa shape index (κ1) is 16.9. The second kappa shape index (κ2) is 7.71. The number of likely N-dealkylation sites (tertiary alicyclic amines) is 1. The van der Waals surface area contributed by atoms with Crippen LogP contribution in [0, 0.1) is 10.1 Å². The van der Waals surface area contributed by atoms with Crippen LogP contribution in [0.5, 0.6) is 5.75 Å². The van der Waals surface area contributed by atoms with Crippen molar-refractivity contribution in [3.63, 3.8) is 0 Å². The molecule has 1 aromatic rings. The molecule has 7 heteroatoms. The fraction of sp³-hybridized carbons (Fsp3) is 0.500. The van der Waals surface area contributed by atoms with Gasteiger partial charge in [-0.3, -0.25) is 19.7 Å². The molecular weight excluding hydrogens is 300 g/mol. The summed E-state index contributed by atoms with van der Waals surface area (Å²) in [6.45, 7) is 2.61. The predicted molar refractivity (Wildman–Crippen MR) is 83.6 cm³/mol. The molecule has 1 aliphatic heterocycles. The minimum Gasteiger partial charge on any atom is -0.483 e. The Hall–Kier alpha value is -2.44. The van der Waals surface area contributed by atoms with E-state index in [4.69, 9.17) is 4.74 Å². The van der Waals surface area contributed by atoms with Gasteiger partial charge in [0.15, 0.2) is 12.9 Å². The molecule has 1 amide bonds. The van der Waals surface area contributed by atoms with Crippen molar-refractivity contribution in [1.29, 1.82) is 0 Å². The average Bonchev–Trinajstić information content (AvgIpc) is 2.59. The Morgan fingerprint density at radius 2 is 2.26 bits per heavy atom. The summed E-state index contributed by atoms with van der Waals surface area (Å²) in [7, 11) is 0. The lowest BCUT2D eigenvalue weighted by atomic mass is 10.00. The van der Waals surface area contributed by atoms with Crippen LogP contribution >= 0.6 is 0 Å². The summed E-state index contributed by atoms with van der Waals surface area (Å²) in [6, 6.07) is 3.98.